The summed E-state index contributed by atoms with van der Waals surface area (Å²) in [6.07, 6.45) is 1.53. The van der Waals surface area contributed by atoms with Crippen LogP contribution < -0.4 is 5.32 Å². The number of carbonyl (C=O) groups is 1. The van der Waals surface area contributed by atoms with Crippen molar-refractivity contribution in [1.29, 1.82) is 0 Å². The number of aryl methyl sites for hydroxylation is 2. The number of hydrogen-bond donors (Lipinski definition) is 1. The molecule has 1 aromatic carbocycles. The highest BCUT2D eigenvalue weighted by molar-refractivity contribution is 9.09. The Morgan fingerprint density at radius 3 is 2.53 bits per heavy atom. The first-order valence-electron chi connectivity index (χ1n) is 6.85. The van der Waals surface area contributed by atoms with Crippen molar-refractivity contribution in [3.8, 4) is 0 Å². The lowest BCUT2D eigenvalue weighted by Crippen LogP contribution is -2.31. The van der Waals surface area contributed by atoms with Gasteiger partial charge < -0.3 is 5.32 Å². The minimum absolute atomic E-state index is 0.0939. The zero-order chi connectivity index (χ0) is 14.4. The SMILES string of the molecule is Cc1ccc(CC(=O)NCC(Br)CC(C)C)cc1C. The van der Waals surface area contributed by atoms with Gasteiger partial charge in [-0.2, -0.15) is 0 Å². The molecule has 2 nitrogen and oxygen atoms in total. The second kappa shape index (κ2) is 7.68. The molecule has 0 bridgehead atoms. The van der Waals surface area contributed by atoms with E-state index in [0.717, 1.165) is 12.0 Å². The van der Waals surface area contributed by atoms with Crippen LogP contribution in [0.4, 0.5) is 0 Å². The van der Waals surface area contributed by atoms with Crippen molar-refractivity contribution in [2.45, 2.75) is 45.4 Å². The summed E-state index contributed by atoms with van der Waals surface area (Å²) < 4.78 is 0. The Labute approximate surface area is 125 Å². The van der Waals surface area contributed by atoms with Crippen molar-refractivity contribution in [1.82, 2.24) is 5.32 Å². The molecule has 0 fully saturated rings. The number of benzene rings is 1. The highest BCUT2D eigenvalue weighted by atomic mass is 79.9. The third-order valence-electron chi connectivity index (χ3n) is 3.18. The molecule has 0 aliphatic rings. The average Bonchev–Trinajstić information content (AvgIpc) is 2.30. The fourth-order valence-electron chi connectivity index (χ4n) is 1.98. The zero-order valence-corrected chi connectivity index (χ0v) is 13.9. The molecule has 0 aliphatic heterocycles. The van der Waals surface area contributed by atoms with Gasteiger partial charge in [-0.3, -0.25) is 4.79 Å². The molecule has 1 N–H and O–H groups in total. The van der Waals surface area contributed by atoms with Gasteiger partial charge in [0.15, 0.2) is 0 Å². The molecule has 0 saturated heterocycles. The Bertz CT molecular complexity index is 429. The fourth-order valence-corrected chi connectivity index (χ4v) is 2.89. The van der Waals surface area contributed by atoms with Crippen LogP contribution in [0.3, 0.4) is 0 Å². The minimum atomic E-state index is 0.0939. The van der Waals surface area contributed by atoms with E-state index in [0.29, 0.717) is 23.7 Å². The molecule has 1 aromatic rings. The van der Waals surface area contributed by atoms with Crippen LogP contribution in [0.15, 0.2) is 18.2 Å². The summed E-state index contributed by atoms with van der Waals surface area (Å²) in [4.78, 5) is 12.2. The van der Waals surface area contributed by atoms with Crippen molar-refractivity contribution in [2.75, 3.05) is 6.54 Å². The van der Waals surface area contributed by atoms with Crippen molar-refractivity contribution in [3.05, 3.63) is 34.9 Å². The Hall–Kier alpha value is -0.830. The van der Waals surface area contributed by atoms with Gasteiger partial charge in [-0.15, -0.1) is 0 Å². The normalized spacial score (nSPS) is 12.5. The standard InChI is InChI=1S/C16H24BrNO/c1-11(2)7-15(17)10-18-16(19)9-14-6-5-12(3)13(4)8-14/h5-6,8,11,15H,7,9-10H2,1-4H3,(H,18,19). The van der Waals surface area contributed by atoms with Gasteiger partial charge >= 0.3 is 0 Å². The maximum atomic E-state index is 11.9. The second-order valence-electron chi connectivity index (χ2n) is 5.63. The van der Waals surface area contributed by atoms with E-state index in [4.69, 9.17) is 0 Å². The molecule has 0 saturated carbocycles. The number of alkyl halides is 1. The molecule has 1 atom stereocenters. The van der Waals surface area contributed by atoms with Crippen LogP contribution >= 0.6 is 15.9 Å². The molecule has 3 heteroatoms. The second-order valence-corrected chi connectivity index (χ2v) is 6.92. The van der Waals surface area contributed by atoms with E-state index in [2.05, 4.69) is 61.1 Å². The number of rotatable bonds is 6. The molecule has 1 rings (SSSR count). The average molecular weight is 326 g/mol. The van der Waals surface area contributed by atoms with E-state index >= 15 is 0 Å². The highest BCUT2D eigenvalue weighted by Gasteiger charge is 2.09. The summed E-state index contributed by atoms with van der Waals surface area (Å²) in [5, 5.41) is 2.98. The van der Waals surface area contributed by atoms with Crippen molar-refractivity contribution < 1.29 is 4.79 Å². The quantitative estimate of drug-likeness (QED) is 0.792. The topological polar surface area (TPSA) is 29.1 Å². The molecule has 0 radical (unpaired) electrons. The van der Waals surface area contributed by atoms with E-state index in [1.165, 1.54) is 11.1 Å². The Morgan fingerprint density at radius 1 is 1.26 bits per heavy atom. The van der Waals surface area contributed by atoms with Crippen LogP contribution in [-0.4, -0.2) is 17.3 Å². The molecule has 0 spiro atoms. The monoisotopic (exact) mass is 325 g/mol. The van der Waals surface area contributed by atoms with Gasteiger partial charge in [-0.05, 0) is 42.9 Å². The first-order valence-corrected chi connectivity index (χ1v) is 7.77. The fraction of sp³-hybridized carbons (Fsp3) is 0.562. The summed E-state index contributed by atoms with van der Waals surface area (Å²) >= 11 is 3.60. The number of carbonyl (C=O) groups excluding carboxylic acids is 1. The van der Waals surface area contributed by atoms with Gasteiger partial charge in [0.25, 0.3) is 0 Å². The van der Waals surface area contributed by atoms with Gasteiger partial charge in [0, 0.05) is 11.4 Å². The zero-order valence-electron chi connectivity index (χ0n) is 12.3. The smallest absolute Gasteiger partial charge is 0.224 e. The predicted octanol–water partition coefficient (Wildman–Crippen LogP) is 3.77. The lowest BCUT2D eigenvalue weighted by atomic mass is 10.0. The Morgan fingerprint density at radius 2 is 1.95 bits per heavy atom. The molecular weight excluding hydrogens is 302 g/mol. The van der Waals surface area contributed by atoms with E-state index < -0.39 is 0 Å². The van der Waals surface area contributed by atoms with Crippen molar-refractivity contribution >= 4 is 21.8 Å². The van der Waals surface area contributed by atoms with E-state index in [1.807, 2.05) is 6.07 Å². The molecule has 0 aliphatic carbocycles. The van der Waals surface area contributed by atoms with Crippen LogP contribution in [0.1, 0.15) is 37.0 Å². The molecule has 0 heterocycles. The van der Waals surface area contributed by atoms with E-state index in [9.17, 15) is 4.79 Å². The Kier molecular flexibility index (Phi) is 6.56. The van der Waals surface area contributed by atoms with Crippen LogP contribution in [0, 0.1) is 19.8 Å². The summed E-state index contributed by atoms with van der Waals surface area (Å²) in [6.45, 7) is 9.23. The molecule has 0 aromatic heterocycles. The maximum Gasteiger partial charge on any atom is 0.224 e. The summed E-state index contributed by atoms with van der Waals surface area (Å²) in [6, 6.07) is 6.19. The Balaban J connectivity index is 2.40. The lowest BCUT2D eigenvalue weighted by molar-refractivity contribution is -0.120. The number of nitrogens with one attached hydrogen (secondary N) is 1. The lowest BCUT2D eigenvalue weighted by Gasteiger charge is -2.13. The van der Waals surface area contributed by atoms with Gasteiger partial charge in [0.2, 0.25) is 5.91 Å². The summed E-state index contributed by atoms with van der Waals surface area (Å²) in [5.74, 6) is 0.734. The largest absolute Gasteiger partial charge is 0.355 e. The van der Waals surface area contributed by atoms with Crippen LogP contribution in [0.5, 0.6) is 0 Å². The van der Waals surface area contributed by atoms with Gasteiger partial charge in [-0.1, -0.05) is 48.0 Å². The first-order chi connectivity index (χ1) is 8.88. The first kappa shape index (κ1) is 16.2. The predicted molar refractivity (Wildman–Crippen MR) is 84.8 cm³/mol. The summed E-state index contributed by atoms with van der Waals surface area (Å²) in [5.41, 5.74) is 3.58. The van der Waals surface area contributed by atoms with E-state index in [1.54, 1.807) is 0 Å². The third kappa shape index (κ3) is 6.24. The summed E-state index contributed by atoms with van der Waals surface area (Å²) in [7, 11) is 0. The third-order valence-corrected chi connectivity index (χ3v) is 3.88. The molecule has 1 amide bonds. The molecule has 19 heavy (non-hydrogen) atoms. The number of hydrogen-bond acceptors (Lipinski definition) is 1. The van der Waals surface area contributed by atoms with Gasteiger partial charge in [-0.25, -0.2) is 0 Å². The van der Waals surface area contributed by atoms with E-state index in [-0.39, 0.29) is 5.91 Å². The minimum Gasteiger partial charge on any atom is -0.355 e. The molecule has 1 unspecified atom stereocenters. The van der Waals surface area contributed by atoms with Crippen LogP contribution in [0.25, 0.3) is 0 Å². The number of halogens is 1. The van der Waals surface area contributed by atoms with Crippen molar-refractivity contribution in [3.63, 3.8) is 0 Å². The van der Waals surface area contributed by atoms with Crippen LogP contribution in [0.2, 0.25) is 0 Å². The van der Waals surface area contributed by atoms with Crippen LogP contribution in [-0.2, 0) is 11.2 Å². The number of amides is 1. The van der Waals surface area contributed by atoms with Crippen molar-refractivity contribution in [2.24, 2.45) is 5.92 Å². The van der Waals surface area contributed by atoms with Gasteiger partial charge in [0.1, 0.15) is 0 Å². The maximum absolute atomic E-state index is 11.9. The highest BCUT2D eigenvalue weighted by Crippen LogP contribution is 2.12. The molecular formula is C16H24BrNO. The molecule has 106 valence electrons. The van der Waals surface area contributed by atoms with Gasteiger partial charge in [0.05, 0.1) is 6.42 Å².